The van der Waals surface area contributed by atoms with Crippen LogP contribution < -0.4 is 5.32 Å². The maximum Gasteiger partial charge on any atom is 0.263 e. The van der Waals surface area contributed by atoms with E-state index in [1.165, 1.54) is 6.20 Å². The fourth-order valence-electron chi connectivity index (χ4n) is 0.910. The van der Waals surface area contributed by atoms with Crippen LogP contribution in [0.5, 0.6) is 0 Å². The first-order valence-electron chi connectivity index (χ1n) is 4.67. The van der Waals surface area contributed by atoms with Gasteiger partial charge in [-0.3, -0.25) is 4.79 Å². The largest absolute Gasteiger partial charge is 0.385 e. The lowest BCUT2D eigenvalue weighted by molar-refractivity contribution is -0.117. The molecule has 0 radical (unpaired) electrons. The molecule has 0 heterocycles. The molecule has 0 aliphatic heterocycles. The Labute approximate surface area is 90.3 Å². The third kappa shape index (κ3) is 6.52. The fraction of sp³-hybridized carbons (Fsp3) is 0.600. The van der Waals surface area contributed by atoms with Crippen LogP contribution >= 0.6 is 0 Å². The normalized spacial score (nSPS) is 10.7. The molecule has 0 bridgehead atoms. The lowest BCUT2D eigenvalue weighted by Gasteiger charge is -2.07. The third-order valence-corrected chi connectivity index (χ3v) is 1.56. The Kier molecular flexibility index (Phi) is 7.02. The molecule has 0 atom stereocenters. The Balaban J connectivity index is 4.02. The van der Waals surface area contributed by atoms with E-state index >= 15 is 0 Å². The zero-order valence-corrected chi connectivity index (χ0v) is 9.41. The lowest BCUT2D eigenvalue weighted by atomic mass is 10.3. The van der Waals surface area contributed by atoms with E-state index in [2.05, 4.69) is 5.32 Å². The van der Waals surface area contributed by atoms with Gasteiger partial charge >= 0.3 is 0 Å². The number of methoxy groups -OCH3 is 1. The Bertz CT molecular complexity index is 266. The summed E-state index contributed by atoms with van der Waals surface area (Å²) in [5.74, 6) is -0.345. The van der Waals surface area contributed by atoms with Gasteiger partial charge < -0.3 is 15.0 Å². The van der Waals surface area contributed by atoms with Gasteiger partial charge in [0.1, 0.15) is 11.6 Å². The molecule has 84 valence electrons. The number of ether oxygens (including phenoxy) is 1. The van der Waals surface area contributed by atoms with Crippen LogP contribution in [0.15, 0.2) is 11.8 Å². The predicted molar refractivity (Wildman–Crippen MR) is 56.9 cm³/mol. The van der Waals surface area contributed by atoms with E-state index < -0.39 is 0 Å². The molecule has 0 rings (SSSR count). The number of nitrogens with zero attached hydrogens (tertiary/aromatic N) is 2. The van der Waals surface area contributed by atoms with Gasteiger partial charge in [-0.05, 0) is 6.42 Å². The molecule has 0 aromatic carbocycles. The van der Waals surface area contributed by atoms with Crippen molar-refractivity contribution < 1.29 is 9.53 Å². The topological polar surface area (TPSA) is 65.4 Å². The van der Waals surface area contributed by atoms with Crippen LogP contribution in [0.3, 0.4) is 0 Å². The van der Waals surface area contributed by atoms with E-state index in [0.29, 0.717) is 13.2 Å². The molecule has 0 saturated carbocycles. The van der Waals surface area contributed by atoms with Crippen molar-refractivity contribution in [3.63, 3.8) is 0 Å². The molecular formula is C10H17N3O2. The molecule has 0 spiro atoms. The number of rotatable bonds is 6. The minimum absolute atomic E-state index is 0.109. The SMILES string of the molecule is COCCCNC(=O)C(C#N)=CN(C)C. The number of amides is 1. The van der Waals surface area contributed by atoms with Crippen molar-refractivity contribution in [3.05, 3.63) is 11.8 Å². The summed E-state index contributed by atoms with van der Waals surface area (Å²) in [6.07, 6.45) is 2.23. The summed E-state index contributed by atoms with van der Waals surface area (Å²) in [4.78, 5) is 13.1. The molecule has 15 heavy (non-hydrogen) atoms. The Morgan fingerprint density at radius 1 is 1.60 bits per heavy atom. The van der Waals surface area contributed by atoms with Crippen molar-refractivity contribution in [2.24, 2.45) is 0 Å². The molecule has 5 nitrogen and oxygen atoms in total. The molecule has 5 heteroatoms. The predicted octanol–water partition coefficient (Wildman–Crippen LogP) is 0.108. The van der Waals surface area contributed by atoms with E-state index in [1.807, 2.05) is 6.07 Å². The molecule has 0 aromatic rings. The maximum atomic E-state index is 11.4. The second-order valence-corrected chi connectivity index (χ2v) is 3.22. The van der Waals surface area contributed by atoms with Crippen molar-refractivity contribution in [2.75, 3.05) is 34.4 Å². The van der Waals surface area contributed by atoms with E-state index in [0.717, 1.165) is 6.42 Å². The summed E-state index contributed by atoms with van der Waals surface area (Å²) >= 11 is 0. The Morgan fingerprint density at radius 3 is 2.73 bits per heavy atom. The second kappa shape index (κ2) is 7.83. The molecular weight excluding hydrogens is 194 g/mol. The molecule has 0 aliphatic carbocycles. The first kappa shape index (κ1) is 13.5. The number of hydrogen-bond donors (Lipinski definition) is 1. The fourth-order valence-corrected chi connectivity index (χ4v) is 0.910. The first-order valence-corrected chi connectivity index (χ1v) is 4.67. The molecule has 0 aromatic heterocycles. The van der Waals surface area contributed by atoms with Crippen molar-refractivity contribution in [2.45, 2.75) is 6.42 Å². The van der Waals surface area contributed by atoms with Crippen LogP contribution in [0.2, 0.25) is 0 Å². The monoisotopic (exact) mass is 211 g/mol. The number of hydrogen-bond acceptors (Lipinski definition) is 4. The van der Waals surface area contributed by atoms with Gasteiger partial charge in [0.15, 0.2) is 0 Å². The summed E-state index contributed by atoms with van der Waals surface area (Å²) in [5, 5.41) is 11.4. The Morgan fingerprint density at radius 2 is 2.27 bits per heavy atom. The van der Waals surface area contributed by atoms with E-state index in [1.54, 1.807) is 26.1 Å². The van der Waals surface area contributed by atoms with Gasteiger partial charge in [0, 0.05) is 40.6 Å². The molecule has 0 saturated heterocycles. The Hall–Kier alpha value is -1.54. The number of carbonyl (C=O) groups excluding carboxylic acids is 1. The maximum absolute atomic E-state index is 11.4. The van der Waals surface area contributed by atoms with E-state index in [9.17, 15) is 4.79 Å². The van der Waals surface area contributed by atoms with Crippen LogP contribution in [-0.4, -0.2) is 45.2 Å². The van der Waals surface area contributed by atoms with Crippen molar-refractivity contribution in [1.82, 2.24) is 10.2 Å². The van der Waals surface area contributed by atoms with Crippen molar-refractivity contribution in [1.29, 1.82) is 5.26 Å². The van der Waals surface area contributed by atoms with Crippen molar-refractivity contribution in [3.8, 4) is 6.07 Å². The standard InChI is InChI=1S/C10H17N3O2/c1-13(2)8-9(7-11)10(14)12-5-4-6-15-3/h8H,4-6H2,1-3H3,(H,12,14). The second-order valence-electron chi connectivity index (χ2n) is 3.22. The van der Waals surface area contributed by atoms with Crippen molar-refractivity contribution >= 4 is 5.91 Å². The number of nitrogens with one attached hydrogen (secondary N) is 1. The van der Waals surface area contributed by atoms with E-state index in [-0.39, 0.29) is 11.5 Å². The summed E-state index contributed by atoms with van der Waals surface area (Å²) in [7, 11) is 5.12. The van der Waals surface area contributed by atoms with Gasteiger partial charge in [0.25, 0.3) is 5.91 Å². The average Bonchev–Trinajstić information content (AvgIpc) is 2.20. The molecule has 1 amide bonds. The van der Waals surface area contributed by atoms with Crippen LogP contribution in [0.4, 0.5) is 0 Å². The summed E-state index contributed by atoms with van der Waals surface area (Å²) < 4.78 is 4.84. The first-order chi connectivity index (χ1) is 7.11. The summed E-state index contributed by atoms with van der Waals surface area (Å²) in [6, 6.07) is 1.85. The molecule has 0 fully saturated rings. The van der Waals surface area contributed by atoms with Gasteiger partial charge in [-0.25, -0.2) is 0 Å². The highest BCUT2D eigenvalue weighted by Crippen LogP contribution is 1.94. The van der Waals surface area contributed by atoms with E-state index in [4.69, 9.17) is 10.00 Å². The minimum Gasteiger partial charge on any atom is -0.385 e. The zero-order chi connectivity index (χ0) is 11.7. The minimum atomic E-state index is -0.345. The highest BCUT2D eigenvalue weighted by Gasteiger charge is 2.07. The van der Waals surface area contributed by atoms with Crippen LogP contribution in [0.25, 0.3) is 0 Å². The van der Waals surface area contributed by atoms with Crippen LogP contribution in [0.1, 0.15) is 6.42 Å². The van der Waals surface area contributed by atoms with Crippen LogP contribution in [0, 0.1) is 11.3 Å². The summed E-state index contributed by atoms with van der Waals surface area (Å²) in [5.41, 5.74) is 0.109. The molecule has 0 unspecified atom stereocenters. The van der Waals surface area contributed by atoms with Crippen LogP contribution in [-0.2, 0) is 9.53 Å². The molecule has 1 N–H and O–H groups in total. The smallest absolute Gasteiger partial charge is 0.263 e. The van der Waals surface area contributed by atoms with Gasteiger partial charge in [0.05, 0.1) is 0 Å². The van der Waals surface area contributed by atoms with Gasteiger partial charge in [0.2, 0.25) is 0 Å². The highest BCUT2D eigenvalue weighted by molar-refractivity contribution is 5.97. The number of nitriles is 1. The highest BCUT2D eigenvalue weighted by atomic mass is 16.5. The zero-order valence-electron chi connectivity index (χ0n) is 9.41. The van der Waals surface area contributed by atoms with Gasteiger partial charge in [-0.1, -0.05) is 0 Å². The average molecular weight is 211 g/mol. The number of carbonyl (C=O) groups is 1. The molecule has 0 aliphatic rings. The quantitative estimate of drug-likeness (QED) is 0.385. The summed E-state index contributed by atoms with van der Waals surface area (Å²) in [6.45, 7) is 1.11. The van der Waals surface area contributed by atoms with Gasteiger partial charge in [-0.2, -0.15) is 5.26 Å². The lowest BCUT2D eigenvalue weighted by Crippen LogP contribution is -2.27. The van der Waals surface area contributed by atoms with Gasteiger partial charge in [-0.15, -0.1) is 0 Å². The third-order valence-electron chi connectivity index (χ3n) is 1.56.